The molecule has 0 spiro atoms. The summed E-state index contributed by atoms with van der Waals surface area (Å²) in [7, 11) is 0. The number of hydrogen-bond acceptors (Lipinski definition) is 2. The van der Waals surface area contributed by atoms with Gasteiger partial charge in [0.1, 0.15) is 22.5 Å². The van der Waals surface area contributed by atoms with Crippen molar-refractivity contribution in [2.45, 2.75) is 0 Å². The highest BCUT2D eigenvalue weighted by Crippen LogP contribution is 2.49. The molecule has 10 aromatic carbocycles. The summed E-state index contributed by atoms with van der Waals surface area (Å²) >= 11 is 0. The average Bonchev–Trinajstić information content (AvgIpc) is 4.00. The Hall–Kier alpha value is -8.14. The number of fused-ring (bicyclic) bond motifs is 9. The van der Waals surface area contributed by atoms with Gasteiger partial charge in [0.2, 0.25) is 0 Å². The summed E-state index contributed by atoms with van der Waals surface area (Å²) in [4.78, 5) is 0. The van der Waals surface area contributed by atoms with Crippen LogP contribution in [0.4, 0.5) is 0 Å². The van der Waals surface area contributed by atoms with Crippen molar-refractivity contribution in [2.75, 3.05) is 0 Å². The number of aromatic nitrogens is 1. The normalized spacial score (nSPS) is 11.9. The van der Waals surface area contributed by atoms with Gasteiger partial charge < -0.3 is 13.4 Å². The van der Waals surface area contributed by atoms with Crippen molar-refractivity contribution in [3.8, 4) is 50.4 Å². The Kier molecular flexibility index (Phi) is 7.31. The molecule has 0 atom stereocenters. The molecule has 0 bridgehead atoms. The molecular formula is C58H35NO2. The van der Waals surface area contributed by atoms with Crippen LogP contribution in [0.5, 0.6) is 0 Å². The van der Waals surface area contributed by atoms with E-state index in [2.05, 4.69) is 211 Å². The van der Waals surface area contributed by atoms with Crippen molar-refractivity contribution in [3.05, 3.63) is 212 Å². The largest absolute Gasteiger partial charge is 0.456 e. The van der Waals surface area contributed by atoms with Crippen LogP contribution in [0.25, 0.3) is 127 Å². The Bertz CT molecular complexity index is 3850. The Morgan fingerprint density at radius 3 is 1.75 bits per heavy atom. The van der Waals surface area contributed by atoms with E-state index in [1.165, 1.54) is 60.0 Å². The van der Waals surface area contributed by atoms with Gasteiger partial charge in [-0.05, 0) is 97.9 Å². The van der Waals surface area contributed by atoms with Crippen LogP contribution in [-0.4, -0.2) is 4.57 Å². The quantitative estimate of drug-likeness (QED) is 0.163. The van der Waals surface area contributed by atoms with Gasteiger partial charge in [-0.15, -0.1) is 0 Å². The van der Waals surface area contributed by atoms with E-state index in [9.17, 15) is 0 Å². The molecule has 61 heavy (non-hydrogen) atoms. The topological polar surface area (TPSA) is 31.2 Å². The van der Waals surface area contributed by atoms with Gasteiger partial charge in [0.25, 0.3) is 0 Å². The van der Waals surface area contributed by atoms with E-state index in [1.54, 1.807) is 0 Å². The number of benzene rings is 10. The van der Waals surface area contributed by atoms with Crippen molar-refractivity contribution in [2.24, 2.45) is 0 Å². The monoisotopic (exact) mass is 777 g/mol. The zero-order chi connectivity index (χ0) is 40.0. The minimum Gasteiger partial charge on any atom is -0.456 e. The highest BCUT2D eigenvalue weighted by atomic mass is 16.3. The smallest absolute Gasteiger partial charge is 0.143 e. The lowest BCUT2D eigenvalue weighted by Gasteiger charge is -2.16. The highest BCUT2D eigenvalue weighted by molar-refractivity contribution is 6.25. The summed E-state index contributed by atoms with van der Waals surface area (Å²) in [5.41, 5.74) is 14.0. The van der Waals surface area contributed by atoms with Gasteiger partial charge in [-0.2, -0.15) is 0 Å². The molecule has 0 radical (unpaired) electrons. The van der Waals surface area contributed by atoms with Crippen LogP contribution in [0.2, 0.25) is 0 Å². The lowest BCUT2D eigenvalue weighted by Crippen LogP contribution is -1.93. The third kappa shape index (κ3) is 5.04. The molecule has 0 aliphatic heterocycles. The number of hydrogen-bond donors (Lipinski definition) is 0. The van der Waals surface area contributed by atoms with Gasteiger partial charge >= 0.3 is 0 Å². The fraction of sp³-hybridized carbons (Fsp3) is 0. The summed E-state index contributed by atoms with van der Waals surface area (Å²) in [6.07, 6.45) is 0. The molecule has 3 nitrogen and oxygen atoms in total. The van der Waals surface area contributed by atoms with Gasteiger partial charge in [0.15, 0.2) is 0 Å². The molecule has 13 aromatic rings. The van der Waals surface area contributed by atoms with Crippen molar-refractivity contribution >= 4 is 76.3 Å². The number of rotatable bonds is 5. The molecule has 0 unspecified atom stereocenters. The standard InChI is InChI=1S/C58H35NO2/c1-4-17-36(18-5-1)54-47-34-52-48(35-53(47)61-58(54)37-19-6-2-7-20-37)57-45(29-16-32-51(57)60-52)55-40-24-11-10-21-38(40)33-46-41(26-14-27-43(46)55)42-28-15-31-50-56(42)44-25-12-13-30-49(44)59(50)39-22-8-3-9-23-39/h1-35H. The first-order valence-electron chi connectivity index (χ1n) is 20.8. The Morgan fingerprint density at radius 1 is 0.311 bits per heavy atom. The zero-order valence-electron chi connectivity index (χ0n) is 33.0. The number of furan rings is 2. The average molecular weight is 778 g/mol. The Morgan fingerprint density at radius 2 is 0.918 bits per heavy atom. The summed E-state index contributed by atoms with van der Waals surface area (Å²) in [5, 5.41) is 10.4. The van der Waals surface area contributed by atoms with E-state index in [1.807, 2.05) is 6.07 Å². The molecule has 13 rings (SSSR count). The maximum atomic E-state index is 6.87. The third-order valence-corrected chi connectivity index (χ3v) is 12.6. The van der Waals surface area contributed by atoms with Gasteiger partial charge in [-0.25, -0.2) is 0 Å². The molecule has 0 aliphatic carbocycles. The van der Waals surface area contributed by atoms with Gasteiger partial charge in [-0.3, -0.25) is 0 Å². The minimum atomic E-state index is 0.829. The van der Waals surface area contributed by atoms with Gasteiger partial charge in [0, 0.05) is 43.7 Å². The predicted molar refractivity (Wildman–Crippen MR) is 255 cm³/mol. The maximum Gasteiger partial charge on any atom is 0.143 e. The van der Waals surface area contributed by atoms with Crippen molar-refractivity contribution < 1.29 is 8.83 Å². The molecular weight excluding hydrogens is 743 g/mol. The highest BCUT2D eigenvalue weighted by Gasteiger charge is 2.24. The summed E-state index contributed by atoms with van der Waals surface area (Å²) in [6, 6.07) is 76.0. The van der Waals surface area contributed by atoms with Crippen LogP contribution in [0.15, 0.2) is 221 Å². The lowest BCUT2D eigenvalue weighted by atomic mass is 9.86. The van der Waals surface area contributed by atoms with E-state index in [0.29, 0.717) is 0 Å². The predicted octanol–water partition coefficient (Wildman–Crippen LogP) is 16.4. The van der Waals surface area contributed by atoms with Crippen LogP contribution in [-0.2, 0) is 0 Å². The van der Waals surface area contributed by atoms with Crippen LogP contribution in [0.1, 0.15) is 0 Å². The maximum absolute atomic E-state index is 6.87. The second-order valence-electron chi connectivity index (χ2n) is 15.9. The third-order valence-electron chi connectivity index (χ3n) is 12.6. The molecule has 0 saturated heterocycles. The first kappa shape index (κ1) is 33.8. The minimum absolute atomic E-state index is 0.829. The second kappa shape index (κ2) is 13.2. The molecule has 3 heterocycles. The number of para-hydroxylation sites is 2. The zero-order valence-corrected chi connectivity index (χ0v) is 33.0. The van der Waals surface area contributed by atoms with Crippen molar-refractivity contribution in [1.82, 2.24) is 4.57 Å². The van der Waals surface area contributed by atoms with Crippen LogP contribution in [0, 0.1) is 0 Å². The molecule has 0 N–H and O–H groups in total. The van der Waals surface area contributed by atoms with E-state index in [4.69, 9.17) is 8.83 Å². The second-order valence-corrected chi connectivity index (χ2v) is 15.9. The van der Waals surface area contributed by atoms with Crippen LogP contribution >= 0.6 is 0 Å². The van der Waals surface area contributed by atoms with Crippen molar-refractivity contribution in [3.63, 3.8) is 0 Å². The van der Waals surface area contributed by atoms with E-state index >= 15 is 0 Å². The van der Waals surface area contributed by atoms with Crippen LogP contribution < -0.4 is 0 Å². The number of nitrogens with zero attached hydrogens (tertiary/aromatic N) is 1. The van der Waals surface area contributed by atoms with E-state index < -0.39 is 0 Å². The molecule has 3 aromatic heterocycles. The molecule has 0 saturated carbocycles. The first-order valence-corrected chi connectivity index (χ1v) is 20.8. The van der Waals surface area contributed by atoms with Crippen LogP contribution in [0.3, 0.4) is 0 Å². The molecule has 0 amide bonds. The Balaban J connectivity index is 1.09. The summed E-state index contributed by atoms with van der Waals surface area (Å²) in [5.74, 6) is 0.855. The van der Waals surface area contributed by atoms with Crippen molar-refractivity contribution in [1.29, 1.82) is 0 Å². The fourth-order valence-electron chi connectivity index (χ4n) is 10.0. The van der Waals surface area contributed by atoms with Gasteiger partial charge in [-0.1, -0.05) is 164 Å². The summed E-state index contributed by atoms with van der Waals surface area (Å²) in [6.45, 7) is 0. The van der Waals surface area contributed by atoms with Gasteiger partial charge in [0.05, 0.1) is 11.0 Å². The SMILES string of the molecule is c1ccc(-c2oc3cc4c(cc3c2-c2ccccc2)oc2cccc(-c3c5ccccc5cc5c(-c6cccc7c6c6ccccc6n7-c6ccccc6)cccc35)c24)cc1. The summed E-state index contributed by atoms with van der Waals surface area (Å²) < 4.78 is 16.1. The molecule has 0 fully saturated rings. The molecule has 0 aliphatic rings. The fourth-order valence-corrected chi connectivity index (χ4v) is 10.0. The Labute approximate surface area is 350 Å². The van der Waals surface area contributed by atoms with E-state index in [-0.39, 0.29) is 0 Å². The first-order chi connectivity index (χ1) is 30.3. The molecule has 3 heteroatoms. The molecule has 284 valence electrons. The van der Waals surface area contributed by atoms with E-state index in [0.717, 1.165) is 66.6 Å². The lowest BCUT2D eigenvalue weighted by molar-refractivity contribution is 0.632.